The summed E-state index contributed by atoms with van der Waals surface area (Å²) in [7, 11) is 0. The maximum atomic E-state index is 12.1. The summed E-state index contributed by atoms with van der Waals surface area (Å²) in [4.78, 5) is 24.1. The van der Waals surface area contributed by atoms with Crippen molar-refractivity contribution in [2.75, 3.05) is 13.2 Å². The Bertz CT molecular complexity index is 689. The number of amides is 2. The van der Waals surface area contributed by atoms with Crippen LogP contribution in [0.4, 0.5) is 0 Å². The predicted molar refractivity (Wildman–Crippen MR) is 102 cm³/mol. The van der Waals surface area contributed by atoms with Gasteiger partial charge in [0, 0.05) is 18.7 Å². The molecule has 2 aromatic carbocycles. The highest BCUT2D eigenvalue weighted by molar-refractivity contribution is 5.97. The number of benzene rings is 2. The third-order valence-corrected chi connectivity index (χ3v) is 4.03. The highest BCUT2D eigenvalue weighted by Crippen LogP contribution is 2.15. The minimum atomic E-state index is -0.591. The molecule has 0 fully saturated rings. The second kappa shape index (κ2) is 10.4. The van der Waals surface area contributed by atoms with Gasteiger partial charge in [-0.05, 0) is 38.0 Å². The lowest BCUT2D eigenvalue weighted by molar-refractivity contribution is -0.122. The lowest BCUT2D eigenvalue weighted by Crippen LogP contribution is -2.45. The zero-order chi connectivity index (χ0) is 18.8. The van der Waals surface area contributed by atoms with Crippen LogP contribution >= 0.6 is 0 Å². The number of nitrogens with one attached hydrogen (secondary N) is 2. The van der Waals surface area contributed by atoms with E-state index in [1.807, 2.05) is 43.3 Å². The smallest absolute Gasteiger partial charge is 0.251 e. The molecule has 0 heterocycles. The standard InChI is InChI=1S/C21H26N2O3/c1-16(23-21(25)19-12-7-4-8-13-19)20(24)22-14-9-15-26-17(2)18-10-5-3-6-11-18/h3-8,10-13,16-17H,9,14-15H2,1-2H3,(H,22,24)(H,23,25). The zero-order valence-electron chi connectivity index (χ0n) is 15.3. The maximum Gasteiger partial charge on any atom is 0.251 e. The van der Waals surface area contributed by atoms with E-state index in [0.29, 0.717) is 25.1 Å². The first-order valence-electron chi connectivity index (χ1n) is 8.88. The van der Waals surface area contributed by atoms with Gasteiger partial charge in [-0.2, -0.15) is 0 Å². The second-order valence-electron chi connectivity index (χ2n) is 6.13. The molecule has 0 aliphatic heterocycles. The molecule has 2 aromatic rings. The summed E-state index contributed by atoms with van der Waals surface area (Å²) in [5.41, 5.74) is 1.67. The van der Waals surface area contributed by atoms with Crippen LogP contribution in [-0.2, 0) is 9.53 Å². The molecule has 2 atom stereocenters. The Morgan fingerprint density at radius 2 is 1.58 bits per heavy atom. The van der Waals surface area contributed by atoms with Crippen molar-refractivity contribution in [3.63, 3.8) is 0 Å². The van der Waals surface area contributed by atoms with Crippen molar-refractivity contribution >= 4 is 11.8 Å². The van der Waals surface area contributed by atoms with E-state index in [1.165, 1.54) is 0 Å². The predicted octanol–water partition coefficient (Wildman–Crippen LogP) is 3.09. The lowest BCUT2D eigenvalue weighted by atomic mass is 10.1. The van der Waals surface area contributed by atoms with Crippen LogP contribution in [0.5, 0.6) is 0 Å². The van der Waals surface area contributed by atoms with Crippen molar-refractivity contribution in [3.8, 4) is 0 Å². The van der Waals surface area contributed by atoms with E-state index in [0.717, 1.165) is 5.56 Å². The van der Waals surface area contributed by atoms with Gasteiger partial charge >= 0.3 is 0 Å². The Labute approximate surface area is 154 Å². The summed E-state index contributed by atoms with van der Waals surface area (Å²) >= 11 is 0. The number of ether oxygens (including phenoxy) is 1. The number of carbonyl (C=O) groups is 2. The molecule has 0 aliphatic rings. The molecule has 5 heteroatoms. The second-order valence-corrected chi connectivity index (χ2v) is 6.13. The summed E-state index contributed by atoms with van der Waals surface area (Å²) in [6.07, 6.45) is 0.735. The minimum absolute atomic E-state index is 0.0241. The van der Waals surface area contributed by atoms with Crippen LogP contribution in [0.1, 0.15) is 42.3 Å². The highest BCUT2D eigenvalue weighted by atomic mass is 16.5. The average Bonchev–Trinajstić information content (AvgIpc) is 2.68. The first kappa shape index (κ1) is 19.7. The molecule has 0 bridgehead atoms. The topological polar surface area (TPSA) is 67.4 Å². The van der Waals surface area contributed by atoms with E-state index in [-0.39, 0.29) is 17.9 Å². The van der Waals surface area contributed by atoms with Gasteiger partial charge in [0.1, 0.15) is 6.04 Å². The summed E-state index contributed by atoms with van der Waals surface area (Å²) in [6, 6.07) is 18.3. The van der Waals surface area contributed by atoms with E-state index in [1.54, 1.807) is 31.2 Å². The fourth-order valence-electron chi connectivity index (χ4n) is 2.45. The first-order valence-corrected chi connectivity index (χ1v) is 8.88. The summed E-state index contributed by atoms with van der Waals surface area (Å²) in [5, 5.41) is 5.51. The van der Waals surface area contributed by atoms with E-state index < -0.39 is 6.04 Å². The van der Waals surface area contributed by atoms with Crippen LogP contribution < -0.4 is 10.6 Å². The number of rotatable bonds is 9. The van der Waals surface area contributed by atoms with Crippen LogP contribution in [0, 0.1) is 0 Å². The Hall–Kier alpha value is -2.66. The molecule has 2 N–H and O–H groups in total. The van der Waals surface area contributed by atoms with E-state index in [4.69, 9.17) is 4.74 Å². The van der Waals surface area contributed by atoms with Crippen molar-refractivity contribution in [1.29, 1.82) is 0 Å². The van der Waals surface area contributed by atoms with Crippen molar-refractivity contribution in [2.24, 2.45) is 0 Å². The molecule has 0 radical (unpaired) electrons. The van der Waals surface area contributed by atoms with Crippen molar-refractivity contribution in [2.45, 2.75) is 32.4 Å². The van der Waals surface area contributed by atoms with Gasteiger partial charge in [-0.1, -0.05) is 48.5 Å². The number of carbonyl (C=O) groups excluding carboxylic acids is 2. The van der Waals surface area contributed by atoms with Gasteiger partial charge in [-0.25, -0.2) is 0 Å². The summed E-state index contributed by atoms with van der Waals surface area (Å²) in [6.45, 7) is 4.74. The molecule has 2 amide bonds. The maximum absolute atomic E-state index is 12.1. The monoisotopic (exact) mass is 354 g/mol. The molecule has 0 saturated carbocycles. The van der Waals surface area contributed by atoms with Gasteiger partial charge < -0.3 is 15.4 Å². The molecule has 0 aromatic heterocycles. The Balaban J connectivity index is 1.63. The van der Waals surface area contributed by atoms with Crippen LogP contribution in [-0.4, -0.2) is 31.0 Å². The average molecular weight is 354 g/mol. The molecule has 0 spiro atoms. The summed E-state index contributed by atoms with van der Waals surface area (Å²) < 4.78 is 5.77. The third kappa shape index (κ3) is 6.33. The molecule has 138 valence electrons. The minimum Gasteiger partial charge on any atom is -0.374 e. The Morgan fingerprint density at radius 3 is 2.23 bits per heavy atom. The van der Waals surface area contributed by atoms with Crippen LogP contribution in [0.2, 0.25) is 0 Å². The molecular weight excluding hydrogens is 328 g/mol. The number of hydrogen-bond acceptors (Lipinski definition) is 3. The molecule has 2 rings (SSSR count). The molecule has 0 saturated heterocycles. The Morgan fingerprint density at radius 1 is 0.962 bits per heavy atom. The van der Waals surface area contributed by atoms with Crippen LogP contribution in [0.3, 0.4) is 0 Å². The van der Waals surface area contributed by atoms with Crippen LogP contribution in [0.15, 0.2) is 60.7 Å². The molecule has 5 nitrogen and oxygen atoms in total. The Kier molecular flexibility index (Phi) is 7.83. The van der Waals surface area contributed by atoms with Crippen LogP contribution in [0.25, 0.3) is 0 Å². The van der Waals surface area contributed by atoms with E-state index >= 15 is 0 Å². The molecule has 0 aliphatic carbocycles. The van der Waals surface area contributed by atoms with Gasteiger partial charge in [0.15, 0.2) is 0 Å². The summed E-state index contributed by atoms with van der Waals surface area (Å²) in [5.74, 6) is -0.460. The van der Waals surface area contributed by atoms with Crippen molar-refractivity contribution in [3.05, 3.63) is 71.8 Å². The first-order chi connectivity index (χ1) is 12.6. The lowest BCUT2D eigenvalue weighted by Gasteiger charge is -2.15. The van der Waals surface area contributed by atoms with Gasteiger partial charge in [-0.3, -0.25) is 9.59 Å². The quantitative estimate of drug-likeness (QED) is 0.680. The van der Waals surface area contributed by atoms with Gasteiger partial charge in [0.05, 0.1) is 6.10 Å². The van der Waals surface area contributed by atoms with Crippen molar-refractivity contribution in [1.82, 2.24) is 10.6 Å². The molecule has 2 unspecified atom stereocenters. The fourth-order valence-corrected chi connectivity index (χ4v) is 2.45. The zero-order valence-corrected chi connectivity index (χ0v) is 15.3. The molecule has 26 heavy (non-hydrogen) atoms. The van der Waals surface area contributed by atoms with Crippen molar-refractivity contribution < 1.29 is 14.3 Å². The normalized spacial score (nSPS) is 12.8. The third-order valence-electron chi connectivity index (χ3n) is 4.03. The molecular formula is C21H26N2O3. The van der Waals surface area contributed by atoms with E-state index in [2.05, 4.69) is 10.6 Å². The van der Waals surface area contributed by atoms with Gasteiger partial charge in [0.25, 0.3) is 5.91 Å². The van der Waals surface area contributed by atoms with E-state index in [9.17, 15) is 9.59 Å². The fraction of sp³-hybridized carbons (Fsp3) is 0.333. The van der Waals surface area contributed by atoms with Gasteiger partial charge in [-0.15, -0.1) is 0 Å². The highest BCUT2D eigenvalue weighted by Gasteiger charge is 2.15. The SMILES string of the molecule is CC(NC(=O)c1ccccc1)C(=O)NCCCOC(C)c1ccccc1. The largest absolute Gasteiger partial charge is 0.374 e. The number of hydrogen-bond donors (Lipinski definition) is 2. The van der Waals surface area contributed by atoms with Gasteiger partial charge in [0.2, 0.25) is 5.91 Å².